The highest BCUT2D eigenvalue weighted by atomic mass is 35.5. The van der Waals surface area contributed by atoms with Crippen molar-refractivity contribution in [3.8, 4) is 5.75 Å². The van der Waals surface area contributed by atoms with Crippen LogP contribution in [0.2, 0.25) is 5.02 Å². The van der Waals surface area contributed by atoms with Crippen molar-refractivity contribution in [2.24, 2.45) is 11.8 Å². The van der Waals surface area contributed by atoms with Gasteiger partial charge in [0.2, 0.25) is 10.0 Å². The van der Waals surface area contributed by atoms with Gasteiger partial charge in [-0.25, -0.2) is 21.6 Å². The first-order valence-corrected chi connectivity index (χ1v) is 19.4. The molecule has 2 aliphatic heterocycles. The number of hydrogen-bond donors (Lipinski definition) is 1. The number of carbonyl (C=O) groups excluding carboxylic acids is 1. The maximum atomic E-state index is 13.1. The first kappa shape index (κ1) is 32.8. The number of anilines is 1. The van der Waals surface area contributed by atoms with E-state index in [9.17, 15) is 21.6 Å². The van der Waals surface area contributed by atoms with Gasteiger partial charge < -0.3 is 14.4 Å². The van der Waals surface area contributed by atoms with E-state index < -0.39 is 25.8 Å². The Balaban J connectivity index is 1.49. The lowest BCUT2D eigenvalue weighted by Gasteiger charge is -2.44. The number of halogens is 1. The molecule has 3 aliphatic rings. The molecule has 2 aromatic rings. The molecule has 2 heterocycles. The van der Waals surface area contributed by atoms with Gasteiger partial charge in [0.15, 0.2) is 0 Å². The lowest BCUT2D eigenvalue weighted by atomic mass is 9.70. The summed E-state index contributed by atoms with van der Waals surface area (Å²) < 4.78 is 63.8. The molecule has 9 nitrogen and oxygen atoms in total. The van der Waals surface area contributed by atoms with E-state index in [1.54, 1.807) is 18.2 Å². The highest BCUT2D eigenvalue weighted by Crippen LogP contribution is 2.41. The van der Waals surface area contributed by atoms with Crippen LogP contribution >= 0.6 is 11.6 Å². The third-order valence-corrected chi connectivity index (χ3v) is 11.2. The second kappa shape index (κ2) is 14.2. The molecular formula is C32H41ClN2O7S2. The molecule has 1 aliphatic carbocycles. The van der Waals surface area contributed by atoms with Gasteiger partial charge >= 0.3 is 0 Å². The molecule has 44 heavy (non-hydrogen) atoms. The Hall–Kier alpha value is -2.60. The predicted octanol–water partition coefficient (Wildman–Crippen LogP) is 4.93. The van der Waals surface area contributed by atoms with Crippen LogP contribution in [-0.4, -0.2) is 66.3 Å². The Morgan fingerprint density at radius 2 is 1.93 bits per heavy atom. The van der Waals surface area contributed by atoms with Gasteiger partial charge in [0.1, 0.15) is 22.2 Å². The van der Waals surface area contributed by atoms with Gasteiger partial charge in [-0.2, -0.15) is 0 Å². The van der Waals surface area contributed by atoms with Crippen molar-refractivity contribution in [3.63, 3.8) is 0 Å². The zero-order valence-electron chi connectivity index (χ0n) is 25.0. The van der Waals surface area contributed by atoms with E-state index in [2.05, 4.69) is 9.62 Å². The maximum absolute atomic E-state index is 13.1. The van der Waals surface area contributed by atoms with E-state index in [1.165, 1.54) is 6.26 Å². The molecule has 2 aromatic carbocycles. The average molecular weight is 665 g/mol. The predicted molar refractivity (Wildman–Crippen MR) is 173 cm³/mol. The van der Waals surface area contributed by atoms with Crippen molar-refractivity contribution in [2.45, 2.75) is 57.7 Å². The number of carbonyl (C=O) groups is 1. The van der Waals surface area contributed by atoms with Gasteiger partial charge in [-0.05, 0) is 98.2 Å². The number of benzene rings is 2. The minimum atomic E-state index is -3.85. The fraction of sp³-hybridized carbons (Fsp3) is 0.531. The normalized spacial score (nSPS) is 25.2. The third kappa shape index (κ3) is 8.77. The van der Waals surface area contributed by atoms with Crippen molar-refractivity contribution in [2.75, 3.05) is 42.4 Å². The monoisotopic (exact) mass is 664 g/mol. The number of nitrogens with zero attached hydrogens (tertiary/aromatic N) is 1. The number of fused-ring (bicyclic) bond motifs is 3. The molecule has 240 valence electrons. The molecular weight excluding hydrogens is 624 g/mol. The van der Waals surface area contributed by atoms with Crippen LogP contribution in [0.15, 0.2) is 48.6 Å². The second-order valence-electron chi connectivity index (χ2n) is 12.1. The number of ether oxygens (including phenoxy) is 2. The topological polar surface area (TPSA) is 119 Å². The minimum absolute atomic E-state index is 0.0557. The van der Waals surface area contributed by atoms with Gasteiger partial charge in [-0.1, -0.05) is 29.8 Å². The molecule has 0 unspecified atom stereocenters. The van der Waals surface area contributed by atoms with Gasteiger partial charge in [-0.3, -0.25) is 4.79 Å². The summed E-state index contributed by atoms with van der Waals surface area (Å²) >= 11 is 6.31. The number of allylic oxidation sites excluding steroid dienone is 1. The number of aryl methyl sites for hydroxylation is 1. The van der Waals surface area contributed by atoms with Crippen molar-refractivity contribution in [1.29, 1.82) is 0 Å². The first-order valence-electron chi connectivity index (χ1n) is 15.3. The molecule has 1 amide bonds. The number of nitrogens with one attached hydrogen (secondary N) is 1. The molecule has 0 saturated heterocycles. The average Bonchev–Trinajstić information content (AvgIpc) is 2.96. The van der Waals surface area contributed by atoms with Gasteiger partial charge in [0.25, 0.3) is 5.91 Å². The Labute approximate surface area is 265 Å². The molecule has 12 heteroatoms. The summed E-state index contributed by atoms with van der Waals surface area (Å²) in [5.41, 5.74) is 3.20. The van der Waals surface area contributed by atoms with Crippen LogP contribution in [0, 0.1) is 11.8 Å². The largest absolute Gasteiger partial charge is 0.487 e. The molecule has 5 rings (SSSR count). The summed E-state index contributed by atoms with van der Waals surface area (Å²) in [6.07, 6.45) is 10.3. The molecule has 1 fully saturated rings. The van der Waals surface area contributed by atoms with Crippen LogP contribution in [0.4, 0.5) is 5.69 Å². The summed E-state index contributed by atoms with van der Waals surface area (Å²) in [7, 11) is -7.02. The highest BCUT2D eigenvalue weighted by Gasteiger charge is 2.38. The van der Waals surface area contributed by atoms with Crippen LogP contribution in [0.25, 0.3) is 0 Å². The van der Waals surface area contributed by atoms with E-state index in [0.29, 0.717) is 43.3 Å². The summed E-state index contributed by atoms with van der Waals surface area (Å²) in [4.78, 5) is 15.4. The molecule has 1 saturated carbocycles. The van der Waals surface area contributed by atoms with Crippen LogP contribution in [0.5, 0.6) is 5.75 Å². The summed E-state index contributed by atoms with van der Waals surface area (Å²) in [6.45, 7) is 1.85. The Morgan fingerprint density at radius 1 is 1.09 bits per heavy atom. The van der Waals surface area contributed by atoms with Gasteiger partial charge in [0, 0.05) is 29.9 Å². The number of rotatable bonds is 4. The van der Waals surface area contributed by atoms with E-state index >= 15 is 0 Å². The smallest absolute Gasteiger partial charge is 0.264 e. The Kier molecular flexibility index (Phi) is 10.6. The lowest BCUT2D eigenvalue weighted by molar-refractivity contribution is -0.00762. The zero-order valence-corrected chi connectivity index (χ0v) is 27.4. The van der Waals surface area contributed by atoms with E-state index in [-0.39, 0.29) is 41.6 Å². The number of sulfonamides is 1. The highest BCUT2D eigenvalue weighted by molar-refractivity contribution is 7.90. The van der Waals surface area contributed by atoms with Crippen LogP contribution in [-0.2, 0) is 37.6 Å². The molecule has 0 radical (unpaired) electrons. The quantitative estimate of drug-likeness (QED) is 0.458. The summed E-state index contributed by atoms with van der Waals surface area (Å²) in [6, 6.07) is 10.9. The van der Waals surface area contributed by atoms with Crippen LogP contribution in [0.3, 0.4) is 0 Å². The molecule has 2 bridgehead atoms. The van der Waals surface area contributed by atoms with Crippen LogP contribution < -0.4 is 14.4 Å². The van der Waals surface area contributed by atoms with E-state index in [4.69, 9.17) is 21.1 Å². The molecule has 0 aromatic heterocycles. The Morgan fingerprint density at radius 3 is 2.70 bits per heavy atom. The number of hydrogen-bond acceptors (Lipinski definition) is 8. The number of sulfone groups is 1. The van der Waals surface area contributed by atoms with Gasteiger partial charge in [0.05, 0.1) is 29.9 Å². The molecule has 1 N–H and O–H groups in total. The van der Waals surface area contributed by atoms with E-state index in [0.717, 1.165) is 48.9 Å². The number of amides is 1. The fourth-order valence-corrected chi connectivity index (χ4v) is 7.79. The van der Waals surface area contributed by atoms with Crippen molar-refractivity contribution >= 4 is 43.1 Å². The second-order valence-corrected chi connectivity index (χ2v) is 16.6. The van der Waals surface area contributed by atoms with Crippen LogP contribution in [0.1, 0.15) is 60.0 Å². The lowest BCUT2D eigenvalue weighted by Crippen LogP contribution is -2.44. The van der Waals surface area contributed by atoms with E-state index in [1.807, 2.05) is 30.4 Å². The summed E-state index contributed by atoms with van der Waals surface area (Å²) in [5.74, 6) is 0.166. The van der Waals surface area contributed by atoms with Crippen molar-refractivity contribution in [3.05, 3.63) is 70.3 Å². The molecule has 3 atom stereocenters. The maximum Gasteiger partial charge on any atom is 0.264 e. The SMILES string of the molecule is CS(=O)(=O)CCO[C@@H]1/C=C/CCCS(=O)(=O)NC(=O)c2ccc3c(c2)N(CCCCc2cc(Cl)ccc2CO3)C[C@@H]2CC[C@H]21. The van der Waals surface area contributed by atoms with Crippen molar-refractivity contribution < 1.29 is 31.1 Å². The third-order valence-electron chi connectivity index (χ3n) is 8.71. The van der Waals surface area contributed by atoms with Crippen molar-refractivity contribution in [1.82, 2.24) is 4.72 Å². The first-order chi connectivity index (χ1) is 21.0. The van der Waals surface area contributed by atoms with Gasteiger partial charge in [-0.15, -0.1) is 0 Å². The zero-order chi connectivity index (χ0) is 31.3. The molecule has 0 spiro atoms. The summed E-state index contributed by atoms with van der Waals surface area (Å²) in [5, 5.41) is 0.689. The standard InChI is InChI=1S/C32H41ClN2O7S2/c1-43(37,38)18-16-41-30-8-3-2-6-17-44(39,40)34-32(36)24-11-14-31-29(20-24)35(21-25-10-13-28(25)30)15-5-4-7-23-19-27(33)12-9-26(23)22-42-31/h3,8-9,11-12,14,19-20,25,28,30H,2,4-7,10,13,15-18,21-22H2,1H3,(H,34,36)/b8-3+/t25-,28+,30+/m0/s1. The fourth-order valence-electron chi connectivity index (χ4n) is 6.15. The minimum Gasteiger partial charge on any atom is -0.487 e. The Bertz CT molecular complexity index is 1590.